The van der Waals surface area contributed by atoms with Crippen LogP contribution < -0.4 is 10.1 Å². The Balaban J connectivity index is 1.90. The summed E-state index contributed by atoms with van der Waals surface area (Å²) in [6, 6.07) is 4.97. The van der Waals surface area contributed by atoms with Gasteiger partial charge in [-0.1, -0.05) is 38.3 Å². The van der Waals surface area contributed by atoms with Crippen LogP contribution in [0.1, 0.15) is 50.5 Å². The fraction of sp³-hybridized carbons (Fsp3) is 0.625. The third-order valence-corrected chi connectivity index (χ3v) is 4.98. The van der Waals surface area contributed by atoms with Crippen molar-refractivity contribution in [1.82, 2.24) is 0 Å². The number of halogens is 3. The Kier molecular flexibility index (Phi) is 3.54. The molecule has 1 aromatic carbocycles. The average molecular weight is 299 g/mol. The van der Waals surface area contributed by atoms with Gasteiger partial charge in [0.25, 0.3) is 0 Å². The van der Waals surface area contributed by atoms with Gasteiger partial charge in [0.15, 0.2) is 5.75 Å². The second-order valence-corrected chi connectivity index (χ2v) is 6.42. The molecule has 1 N–H and O–H groups in total. The molecule has 2 aliphatic rings. The molecule has 1 aliphatic heterocycles. The van der Waals surface area contributed by atoms with Gasteiger partial charge in [-0.3, -0.25) is 0 Å². The average Bonchev–Trinajstić information content (AvgIpc) is 2.83. The number of fused-ring (bicyclic) bond motifs is 1. The van der Waals surface area contributed by atoms with Crippen molar-refractivity contribution in [3.8, 4) is 5.75 Å². The van der Waals surface area contributed by atoms with Gasteiger partial charge in [0, 0.05) is 12.5 Å². The van der Waals surface area contributed by atoms with Gasteiger partial charge in [-0.15, -0.1) is 13.2 Å². The van der Waals surface area contributed by atoms with E-state index in [9.17, 15) is 13.2 Å². The van der Waals surface area contributed by atoms with E-state index in [0.717, 1.165) is 18.4 Å². The number of anilines is 1. The second-order valence-electron chi connectivity index (χ2n) is 6.42. The van der Waals surface area contributed by atoms with Gasteiger partial charge >= 0.3 is 6.36 Å². The fourth-order valence-electron chi connectivity index (χ4n) is 3.88. The maximum atomic E-state index is 12.5. The maximum Gasteiger partial charge on any atom is 0.573 e. The molecule has 1 aliphatic carbocycles. The zero-order valence-corrected chi connectivity index (χ0v) is 12.1. The van der Waals surface area contributed by atoms with E-state index >= 15 is 0 Å². The van der Waals surface area contributed by atoms with E-state index in [1.54, 1.807) is 6.07 Å². The van der Waals surface area contributed by atoms with Crippen molar-refractivity contribution < 1.29 is 17.9 Å². The third kappa shape index (κ3) is 2.83. The molecule has 0 saturated heterocycles. The number of para-hydroxylation sites is 1. The smallest absolute Gasteiger partial charge is 0.404 e. The molecule has 1 heterocycles. The number of ether oxygens (including phenoxy) is 1. The first-order valence-electron chi connectivity index (χ1n) is 7.52. The van der Waals surface area contributed by atoms with Gasteiger partial charge in [-0.2, -0.15) is 0 Å². The minimum absolute atomic E-state index is 0.109. The van der Waals surface area contributed by atoms with E-state index in [-0.39, 0.29) is 17.1 Å². The number of rotatable bonds is 2. The summed E-state index contributed by atoms with van der Waals surface area (Å²) in [5, 5.41) is 3.14. The van der Waals surface area contributed by atoms with E-state index in [0.29, 0.717) is 12.2 Å². The minimum atomic E-state index is -4.65. The van der Waals surface area contributed by atoms with Crippen molar-refractivity contribution in [2.24, 2.45) is 5.41 Å². The number of nitrogens with one attached hydrogen (secondary N) is 1. The lowest BCUT2D eigenvalue weighted by molar-refractivity contribution is -0.274. The Bertz CT molecular complexity index is 521. The standard InChI is InChI=1S/C16H20F3NO/c1-15(8-3-2-4-9-15)12-10-20-14-11(12)6-5-7-13(14)21-16(17,18)19/h5-7,12,20H,2-4,8-10H2,1H3. The van der Waals surface area contributed by atoms with Crippen molar-refractivity contribution >= 4 is 5.69 Å². The molecule has 0 bridgehead atoms. The first kappa shape index (κ1) is 14.5. The first-order valence-corrected chi connectivity index (χ1v) is 7.52. The zero-order chi connectivity index (χ0) is 15.1. The van der Waals surface area contributed by atoms with Crippen molar-refractivity contribution in [2.45, 2.75) is 51.3 Å². The molecule has 0 aromatic heterocycles. The molecule has 21 heavy (non-hydrogen) atoms. The first-order chi connectivity index (χ1) is 9.89. The zero-order valence-electron chi connectivity index (χ0n) is 12.1. The molecule has 2 nitrogen and oxygen atoms in total. The van der Waals surface area contributed by atoms with Crippen molar-refractivity contribution in [2.75, 3.05) is 11.9 Å². The van der Waals surface area contributed by atoms with Crippen LogP contribution >= 0.6 is 0 Å². The fourth-order valence-corrected chi connectivity index (χ4v) is 3.88. The lowest BCUT2D eigenvalue weighted by Crippen LogP contribution is -2.29. The van der Waals surface area contributed by atoms with Gasteiger partial charge in [-0.05, 0) is 29.9 Å². The highest BCUT2D eigenvalue weighted by atomic mass is 19.4. The molecule has 1 fully saturated rings. The number of benzene rings is 1. The van der Waals surface area contributed by atoms with Gasteiger partial charge in [-0.25, -0.2) is 0 Å². The Labute approximate surface area is 122 Å². The van der Waals surface area contributed by atoms with Crippen LogP contribution in [0.15, 0.2) is 18.2 Å². The normalized spacial score (nSPS) is 24.3. The quantitative estimate of drug-likeness (QED) is 0.823. The van der Waals surface area contributed by atoms with E-state index in [4.69, 9.17) is 0 Å². The van der Waals surface area contributed by atoms with E-state index < -0.39 is 6.36 Å². The number of hydrogen-bond donors (Lipinski definition) is 1. The third-order valence-electron chi connectivity index (χ3n) is 4.98. The summed E-state index contributed by atoms with van der Waals surface area (Å²) >= 11 is 0. The van der Waals surface area contributed by atoms with Gasteiger partial charge in [0.05, 0.1) is 5.69 Å². The molecule has 0 spiro atoms. The van der Waals surface area contributed by atoms with Crippen LogP contribution in [0.4, 0.5) is 18.9 Å². The summed E-state index contributed by atoms with van der Waals surface area (Å²) < 4.78 is 41.6. The monoisotopic (exact) mass is 299 g/mol. The number of hydrogen-bond acceptors (Lipinski definition) is 2. The Morgan fingerprint density at radius 1 is 1.19 bits per heavy atom. The summed E-state index contributed by atoms with van der Waals surface area (Å²) in [5.41, 5.74) is 1.67. The highest BCUT2D eigenvalue weighted by Crippen LogP contribution is 2.52. The predicted molar refractivity (Wildman–Crippen MR) is 75.5 cm³/mol. The van der Waals surface area contributed by atoms with Crippen molar-refractivity contribution in [1.29, 1.82) is 0 Å². The van der Waals surface area contributed by atoms with Crippen LogP contribution in [-0.4, -0.2) is 12.9 Å². The highest BCUT2D eigenvalue weighted by molar-refractivity contribution is 5.67. The van der Waals surface area contributed by atoms with Crippen LogP contribution in [0.25, 0.3) is 0 Å². The molecule has 3 rings (SSSR count). The molecule has 0 amide bonds. The largest absolute Gasteiger partial charge is 0.573 e. The molecule has 1 aromatic rings. The van der Waals surface area contributed by atoms with E-state index in [1.807, 2.05) is 6.07 Å². The molecular weight excluding hydrogens is 279 g/mol. The predicted octanol–water partition coefficient (Wildman–Crippen LogP) is 5.06. The van der Waals surface area contributed by atoms with Crippen molar-refractivity contribution in [3.63, 3.8) is 0 Å². The van der Waals surface area contributed by atoms with Gasteiger partial charge in [0.2, 0.25) is 0 Å². The lowest BCUT2D eigenvalue weighted by Gasteiger charge is -2.39. The summed E-state index contributed by atoms with van der Waals surface area (Å²) in [5.74, 6) is 0.159. The van der Waals surface area contributed by atoms with Gasteiger partial charge < -0.3 is 10.1 Å². The summed E-state index contributed by atoms with van der Waals surface area (Å²) in [6.45, 7) is 2.97. The topological polar surface area (TPSA) is 21.3 Å². The Morgan fingerprint density at radius 3 is 2.57 bits per heavy atom. The van der Waals surface area contributed by atoms with Crippen LogP contribution in [0, 0.1) is 5.41 Å². The Hall–Kier alpha value is -1.39. The summed E-state index contributed by atoms with van der Waals surface area (Å²) in [7, 11) is 0. The summed E-state index contributed by atoms with van der Waals surface area (Å²) in [6.07, 6.45) is 1.32. The number of alkyl halides is 3. The Morgan fingerprint density at radius 2 is 1.90 bits per heavy atom. The van der Waals surface area contributed by atoms with E-state index in [2.05, 4.69) is 17.0 Å². The highest BCUT2D eigenvalue weighted by Gasteiger charge is 2.41. The van der Waals surface area contributed by atoms with Crippen molar-refractivity contribution in [3.05, 3.63) is 23.8 Å². The molecule has 116 valence electrons. The lowest BCUT2D eigenvalue weighted by atomic mass is 9.66. The van der Waals surface area contributed by atoms with Crippen LogP contribution in [0.5, 0.6) is 5.75 Å². The van der Waals surface area contributed by atoms with Crippen LogP contribution in [-0.2, 0) is 0 Å². The minimum Gasteiger partial charge on any atom is -0.404 e. The van der Waals surface area contributed by atoms with Crippen LogP contribution in [0.2, 0.25) is 0 Å². The molecule has 5 heteroatoms. The molecule has 1 unspecified atom stereocenters. The van der Waals surface area contributed by atoms with E-state index in [1.165, 1.54) is 25.3 Å². The molecule has 1 saturated carbocycles. The second kappa shape index (κ2) is 5.11. The SMILES string of the molecule is CC1(C2CNc3c(OC(F)(F)F)cccc32)CCCCC1. The molecule has 1 atom stereocenters. The summed E-state index contributed by atoms with van der Waals surface area (Å²) in [4.78, 5) is 0. The molecular formula is C16H20F3NO. The maximum absolute atomic E-state index is 12.5. The molecule has 0 radical (unpaired) electrons. The van der Waals surface area contributed by atoms with Crippen LogP contribution in [0.3, 0.4) is 0 Å². The van der Waals surface area contributed by atoms with Gasteiger partial charge in [0.1, 0.15) is 0 Å².